The zero-order chi connectivity index (χ0) is 19.9. The van der Waals surface area contributed by atoms with Crippen LogP contribution in [0.2, 0.25) is 0 Å². The fraction of sp³-hybridized carbons (Fsp3) is 0.320. The third-order valence-electron chi connectivity index (χ3n) is 5.08. The van der Waals surface area contributed by atoms with Gasteiger partial charge in [-0.2, -0.15) is 0 Å². The number of rotatable bonds is 7. The van der Waals surface area contributed by atoms with E-state index in [0.29, 0.717) is 6.54 Å². The average Bonchev–Trinajstić information content (AvgIpc) is 3.03. The van der Waals surface area contributed by atoms with E-state index in [4.69, 9.17) is 4.74 Å². The molecule has 0 aliphatic carbocycles. The number of allylic oxidation sites excluding steroid dienone is 3. The van der Waals surface area contributed by atoms with Gasteiger partial charge in [0.1, 0.15) is 6.04 Å². The van der Waals surface area contributed by atoms with Crippen LogP contribution in [0.25, 0.3) is 0 Å². The van der Waals surface area contributed by atoms with Gasteiger partial charge in [0, 0.05) is 6.54 Å². The Hall–Kier alpha value is -2.81. The van der Waals surface area contributed by atoms with Crippen molar-refractivity contribution < 1.29 is 9.53 Å². The molecule has 2 atom stereocenters. The van der Waals surface area contributed by atoms with E-state index in [1.165, 1.54) is 11.1 Å². The van der Waals surface area contributed by atoms with Gasteiger partial charge in [-0.25, -0.2) is 4.79 Å². The number of nitrogens with zero attached hydrogens (tertiary/aromatic N) is 1. The van der Waals surface area contributed by atoms with Crippen LogP contribution in [0.1, 0.15) is 56.9 Å². The summed E-state index contributed by atoms with van der Waals surface area (Å²) in [5.74, 6) is 0. The fourth-order valence-corrected chi connectivity index (χ4v) is 3.55. The van der Waals surface area contributed by atoms with Gasteiger partial charge >= 0.3 is 6.09 Å². The van der Waals surface area contributed by atoms with Crippen molar-refractivity contribution in [2.45, 2.75) is 45.8 Å². The second-order valence-corrected chi connectivity index (χ2v) is 7.59. The lowest BCUT2D eigenvalue weighted by Gasteiger charge is -2.24. The quantitative estimate of drug-likeness (QED) is 0.509. The van der Waals surface area contributed by atoms with Crippen molar-refractivity contribution in [2.75, 3.05) is 6.54 Å². The molecule has 0 radical (unpaired) electrons. The van der Waals surface area contributed by atoms with Crippen molar-refractivity contribution in [1.29, 1.82) is 0 Å². The SMILES string of the molecule is CC(C)=CCC/C(C)=C/CN1C(=O)O[C@H](c2ccccc2)C1c1ccccc1. The molecule has 1 unspecified atom stereocenters. The Bertz CT molecular complexity index is 835. The molecule has 1 heterocycles. The molecule has 2 aromatic rings. The van der Waals surface area contributed by atoms with Crippen LogP contribution in [0.5, 0.6) is 0 Å². The van der Waals surface area contributed by atoms with Crippen molar-refractivity contribution in [3.05, 3.63) is 95.1 Å². The molecule has 0 N–H and O–H groups in total. The van der Waals surface area contributed by atoms with Crippen LogP contribution in [0.3, 0.4) is 0 Å². The van der Waals surface area contributed by atoms with Crippen LogP contribution < -0.4 is 0 Å². The summed E-state index contributed by atoms with van der Waals surface area (Å²) in [7, 11) is 0. The first-order valence-electron chi connectivity index (χ1n) is 9.92. The molecular formula is C25H29NO2. The first-order valence-corrected chi connectivity index (χ1v) is 9.92. The molecule has 1 fully saturated rings. The molecule has 2 aromatic carbocycles. The Morgan fingerprint density at radius 1 is 0.929 bits per heavy atom. The monoisotopic (exact) mass is 375 g/mol. The zero-order valence-electron chi connectivity index (χ0n) is 17.0. The molecule has 28 heavy (non-hydrogen) atoms. The minimum Gasteiger partial charge on any atom is -0.439 e. The normalized spacial score (nSPS) is 19.5. The number of hydrogen-bond donors (Lipinski definition) is 0. The van der Waals surface area contributed by atoms with E-state index < -0.39 is 0 Å². The van der Waals surface area contributed by atoms with Crippen molar-refractivity contribution in [1.82, 2.24) is 4.90 Å². The number of benzene rings is 2. The van der Waals surface area contributed by atoms with Crippen LogP contribution in [0, 0.1) is 0 Å². The van der Waals surface area contributed by atoms with Gasteiger partial charge in [0.15, 0.2) is 6.10 Å². The summed E-state index contributed by atoms with van der Waals surface area (Å²) >= 11 is 0. The number of carbonyl (C=O) groups excluding carboxylic acids is 1. The predicted octanol–water partition coefficient (Wildman–Crippen LogP) is 6.61. The van der Waals surface area contributed by atoms with Crippen molar-refractivity contribution in [2.24, 2.45) is 0 Å². The molecule has 3 nitrogen and oxygen atoms in total. The molecule has 1 aliphatic rings. The molecule has 0 bridgehead atoms. The lowest BCUT2D eigenvalue weighted by Crippen LogP contribution is -2.28. The average molecular weight is 376 g/mol. The van der Waals surface area contributed by atoms with Gasteiger partial charge in [-0.3, -0.25) is 4.90 Å². The van der Waals surface area contributed by atoms with Gasteiger partial charge in [0.05, 0.1) is 0 Å². The molecular weight excluding hydrogens is 346 g/mol. The Kier molecular flexibility index (Phi) is 6.70. The summed E-state index contributed by atoms with van der Waals surface area (Å²) in [5.41, 5.74) is 4.75. The Balaban J connectivity index is 1.82. The van der Waals surface area contributed by atoms with Gasteiger partial charge in [0.25, 0.3) is 0 Å². The van der Waals surface area contributed by atoms with E-state index >= 15 is 0 Å². The van der Waals surface area contributed by atoms with E-state index in [1.807, 2.05) is 53.4 Å². The van der Waals surface area contributed by atoms with Gasteiger partial charge in [-0.15, -0.1) is 0 Å². The van der Waals surface area contributed by atoms with Gasteiger partial charge in [0.2, 0.25) is 0 Å². The number of amides is 1. The first-order chi connectivity index (χ1) is 13.6. The van der Waals surface area contributed by atoms with Gasteiger partial charge in [-0.05, 0) is 44.7 Å². The van der Waals surface area contributed by atoms with Crippen LogP contribution in [0.4, 0.5) is 4.79 Å². The van der Waals surface area contributed by atoms with Crippen molar-refractivity contribution in [3.63, 3.8) is 0 Å². The molecule has 0 aromatic heterocycles. The fourth-order valence-electron chi connectivity index (χ4n) is 3.55. The molecule has 3 heteroatoms. The lowest BCUT2D eigenvalue weighted by atomic mass is 9.95. The molecule has 1 aliphatic heterocycles. The minimum atomic E-state index is -0.296. The van der Waals surface area contributed by atoms with Crippen LogP contribution in [-0.4, -0.2) is 17.5 Å². The third-order valence-corrected chi connectivity index (χ3v) is 5.08. The third kappa shape index (κ3) is 4.92. The number of cyclic esters (lactones) is 1. The summed E-state index contributed by atoms with van der Waals surface area (Å²) in [5, 5.41) is 0. The van der Waals surface area contributed by atoms with Crippen molar-refractivity contribution >= 4 is 6.09 Å². The summed E-state index contributed by atoms with van der Waals surface area (Å²) in [6.07, 6.45) is 5.89. The van der Waals surface area contributed by atoms with Gasteiger partial charge < -0.3 is 4.74 Å². The maximum Gasteiger partial charge on any atom is 0.411 e. The Morgan fingerprint density at radius 2 is 1.54 bits per heavy atom. The summed E-state index contributed by atoms with van der Waals surface area (Å²) in [6, 6.07) is 20.0. The highest BCUT2D eigenvalue weighted by Gasteiger charge is 2.42. The molecule has 1 amide bonds. The predicted molar refractivity (Wildman–Crippen MR) is 114 cm³/mol. The van der Waals surface area contributed by atoms with Crippen LogP contribution in [-0.2, 0) is 4.74 Å². The smallest absolute Gasteiger partial charge is 0.411 e. The standard InChI is InChI=1S/C25H29NO2/c1-19(2)11-10-12-20(3)17-18-26-23(21-13-6-4-7-14-21)24(28-25(26)27)22-15-8-5-9-16-22/h4-9,11,13-17,23-24H,10,12,18H2,1-3H3/b20-17+/t23?,24-/m1/s1. The highest BCUT2D eigenvalue weighted by molar-refractivity contribution is 5.72. The van der Waals surface area contributed by atoms with E-state index in [1.54, 1.807) is 0 Å². The molecule has 146 valence electrons. The highest BCUT2D eigenvalue weighted by atomic mass is 16.6. The van der Waals surface area contributed by atoms with E-state index in [2.05, 4.69) is 45.1 Å². The van der Waals surface area contributed by atoms with Gasteiger partial charge in [-0.1, -0.05) is 84.0 Å². The molecule has 3 rings (SSSR count). The maximum absolute atomic E-state index is 12.7. The van der Waals surface area contributed by atoms with E-state index in [0.717, 1.165) is 24.0 Å². The van der Waals surface area contributed by atoms with E-state index in [9.17, 15) is 4.79 Å². The number of carbonyl (C=O) groups is 1. The lowest BCUT2D eigenvalue weighted by molar-refractivity contribution is 0.130. The largest absolute Gasteiger partial charge is 0.439 e. The number of ether oxygens (including phenoxy) is 1. The Labute approximate surface area is 168 Å². The minimum absolute atomic E-state index is 0.127. The van der Waals surface area contributed by atoms with Crippen molar-refractivity contribution in [3.8, 4) is 0 Å². The number of hydrogen-bond acceptors (Lipinski definition) is 2. The highest BCUT2D eigenvalue weighted by Crippen LogP contribution is 2.42. The maximum atomic E-state index is 12.7. The van der Waals surface area contributed by atoms with E-state index in [-0.39, 0.29) is 18.2 Å². The zero-order valence-corrected chi connectivity index (χ0v) is 17.0. The molecule has 0 spiro atoms. The first kappa shape index (κ1) is 19.9. The summed E-state index contributed by atoms with van der Waals surface area (Å²) < 4.78 is 5.82. The molecule has 1 saturated heterocycles. The van der Waals surface area contributed by atoms with Crippen LogP contribution in [0.15, 0.2) is 84.0 Å². The molecule has 0 saturated carbocycles. The second-order valence-electron chi connectivity index (χ2n) is 7.59. The summed E-state index contributed by atoms with van der Waals surface area (Å²) in [6.45, 7) is 6.93. The van der Waals surface area contributed by atoms with Crippen LogP contribution >= 0.6 is 0 Å². The Morgan fingerprint density at radius 3 is 2.14 bits per heavy atom. The summed E-state index contributed by atoms with van der Waals surface area (Å²) in [4.78, 5) is 14.6. The second kappa shape index (κ2) is 9.41. The topological polar surface area (TPSA) is 29.5 Å².